The molecule has 0 saturated carbocycles. The summed E-state index contributed by atoms with van der Waals surface area (Å²) >= 11 is 6.04. The molecule has 6 rings (SSSR count). The Morgan fingerprint density at radius 3 is 2.58 bits per heavy atom. The number of aliphatic hydroxyl groups excluding tert-OH is 1. The number of fused-ring (bicyclic) bond motifs is 2. The molecule has 3 aromatic rings. The molecule has 2 saturated heterocycles. The zero-order valence-electron chi connectivity index (χ0n) is 24.0. The first-order valence-corrected chi connectivity index (χ1v) is 16.3. The van der Waals surface area contributed by atoms with Crippen LogP contribution in [0.15, 0.2) is 65.6 Å². The molecule has 0 bridgehead atoms. The number of hydrogen-bond acceptors (Lipinski definition) is 6. The van der Waals surface area contributed by atoms with Crippen LogP contribution < -0.4 is 15.4 Å². The van der Waals surface area contributed by atoms with Crippen LogP contribution in [-0.4, -0.2) is 78.6 Å². The van der Waals surface area contributed by atoms with E-state index in [1.165, 1.54) is 24.3 Å². The Balaban J connectivity index is 1.29. The standard InChI is InChI=1S/C31H31ClF2N4O6S/c32-20-2-1-3-22(15-20)35-30(41)37-11-8-31(9-12-37)10-13-44-27-14-19(24-6-5-21(33)16-25(24)34)4-7-28(27)45(42,43)38-18-23(39)17-26(38)29(40)36-31/h1-7,14-16,23,26,39H,8-13,17-18H2,(H,35,41)(H,36,40)/t23-,26+/m1/s1. The second-order valence-corrected chi connectivity index (χ2v) is 13.9. The van der Waals surface area contributed by atoms with Gasteiger partial charge in [0.2, 0.25) is 15.9 Å². The summed E-state index contributed by atoms with van der Waals surface area (Å²) in [7, 11) is -4.35. The van der Waals surface area contributed by atoms with Gasteiger partial charge < -0.3 is 25.4 Å². The second-order valence-electron chi connectivity index (χ2n) is 11.6. The van der Waals surface area contributed by atoms with E-state index in [0.717, 1.165) is 16.4 Å². The Bertz CT molecular complexity index is 1750. The number of ether oxygens (including phenoxy) is 1. The Morgan fingerprint density at radius 1 is 1.07 bits per heavy atom. The number of sulfonamides is 1. The molecule has 0 unspecified atom stereocenters. The highest BCUT2D eigenvalue weighted by atomic mass is 35.5. The predicted octanol–water partition coefficient (Wildman–Crippen LogP) is 4.37. The van der Waals surface area contributed by atoms with Crippen molar-refractivity contribution in [2.75, 3.05) is 31.6 Å². The molecule has 1 spiro atoms. The summed E-state index contributed by atoms with van der Waals surface area (Å²) in [6.07, 6.45) is -0.151. The lowest BCUT2D eigenvalue weighted by atomic mass is 9.84. The molecule has 10 nitrogen and oxygen atoms in total. The fourth-order valence-electron chi connectivity index (χ4n) is 6.18. The van der Waals surface area contributed by atoms with Crippen LogP contribution in [0.25, 0.3) is 11.1 Å². The van der Waals surface area contributed by atoms with Crippen molar-refractivity contribution in [1.82, 2.24) is 14.5 Å². The number of nitrogens with one attached hydrogen (secondary N) is 2. The number of hydrogen-bond donors (Lipinski definition) is 3. The molecule has 14 heteroatoms. The molecule has 238 valence electrons. The van der Waals surface area contributed by atoms with Gasteiger partial charge in [0.05, 0.1) is 12.7 Å². The number of anilines is 1. The SMILES string of the molecule is O=C1NC2(CCOc3cc(-c4ccc(F)cc4F)ccc3S(=O)(=O)N3C[C@H](O)C[C@@H]13)CCN(C(=O)Nc1cccc(Cl)c1)CC2. The molecule has 3 heterocycles. The molecule has 45 heavy (non-hydrogen) atoms. The van der Waals surface area contributed by atoms with Gasteiger partial charge in [-0.25, -0.2) is 22.0 Å². The van der Waals surface area contributed by atoms with E-state index in [1.54, 1.807) is 29.2 Å². The molecule has 3 aromatic carbocycles. The van der Waals surface area contributed by atoms with Gasteiger partial charge in [0.15, 0.2) is 0 Å². The van der Waals surface area contributed by atoms with Crippen LogP contribution in [0.5, 0.6) is 5.75 Å². The highest BCUT2D eigenvalue weighted by molar-refractivity contribution is 7.89. The Kier molecular flexibility index (Phi) is 8.46. The number of carbonyl (C=O) groups is 2. The minimum Gasteiger partial charge on any atom is -0.492 e. The van der Waals surface area contributed by atoms with Gasteiger partial charge in [-0.1, -0.05) is 23.7 Å². The minimum atomic E-state index is -4.35. The van der Waals surface area contributed by atoms with Crippen molar-refractivity contribution in [2.45, 2.75) is 48.3 Å². The average Bonchev–Trinajstić information content (AvgIpc) is 3.40. The number of rotatable bonds is 2. The first-order valence-electron chi connectivity index (χ1n) is 14.5. The molecule has 0 aromatic heterocycles. The maximum atomic E-state index is 14.6. The largest absolute Gasteiger partial charge is 0.492 e. The van der Waals surface area contributed by atoms with E-state index in [2.05, 4.69) is 10.6 Å². The number of halogens is 3. The lowest BCUT2D eigenvalue weighted by molar-refractivity contribution is -0.127. The molecule has 3 aliphatic heterocycles. The van der Waals surface area contributed by atoms with E-state index in [9.17, 15) is 31.9 Å². The van der Waals surface area contributed by atoms with E-state index < -0.39 is 45.2 Å². The van der Waals surface area contributed by atoms with Crippen molar-refractivity contribution in [3.63, 3.8) is 0 Å². The molecular weight excluding hydrogens is 630 g/mol. The van der Waals surface area contributed by atoms with Crippen molar-refractivity contribution in [2.24, 2.45) is 0 Å². The highest BCUT2D eigenvalue weighted by Crippen LogP contribution is 2.38. The number of benzene rings is 3. The number of likely N-dealkylation sites (tertiary alicyclic amines) is 1. The van der Waals surface area contributed by atoms with Crippen LogP contribution in [0, 0.1) is 11.6 Å². The number of aliphatic hydroxyl groups is 1. The topological polar surface area (TPSA) is 128 Å². The van der Waals surface area contributed by atoms with Crippen LogP contribution in [0.4, 0.5) is 19.3 Å². The van der Waals surface area contributed by atoms with Crippen molar-refractivity contribution in [3.8, 4) is 16.9 Å². The number of amides is 3. The molecule has 3 amide bonds. The smallest absolute Gasteiger partial charge is 0.321 e. The third-order valence-electron chi connectivity index (χ3n) is 8.62. The van der Waals surface area contributed by atoms with Crippen LogP contribution >= 0.6 is 11.6 Å². The van der Waals surface area contributed by atoms with E-state index >= 15 is 0 Å². The summed E-state index contributed by atoms with van der Waals surface area (Å²) in [4.78, 5) is 28.1. The molecule has 2 atom stereocenters. The van der Waals surface area contributed by atoms with Gasteiger partial charge in [0, 0.05) is 60.4 Å². The van der Waals surface area contributed by atoms with Crippen LogP contribution in [0.1, 0.15) is 25.7 Å². The summed E-state index contributed by atoms with van der Waals surface area (Å²) in [5, 5.41) is 16.8. The third kappa shape index (κ3) is 6.35. The summed E-state index contributed by atoms with van der Waals surface area (Å²) in [5.41, 5.74) is 0.0417. The minimum absolute atomic E-state index is 0.000155. The predicted molar refractivity (Wildman–Crippen MR) is 162 cm³/mol. The van der Waals surface area contributed by atoms with Gasteiger partial charge in [0.1, 0.15) is 28.3 Å². The summed E-state index contributed by atoms with van der Waals surface area (Å²) in [5.74, 6) is -2.17. The first kappa shape index (κ1) is 31.2. The lowest BCUT2D eigenvalue weighted by Gasteiger charge is -2.43. The van der Waals surface area contributed by atoms with Crippen molar-refractivity contribution in [3.05, 3.63) is 77.3 Å². The first-order chi connectivity index (χ1) is 21.4. The van der Waals surface area contributed by atoms with Gasteiger partial charge in [-0.15, -0.1) is 0 Å². The molecule has 0 aliphatic carbocycles. The van der Waals surface area contributed by atoms with E-state index in [0.29, 0.717) is 36.6 Å². The molecule has 2 fully saturated rings. The van der Waals surface area contributed by atoms with Crippen molar-refractivity contribution in [1.29, 1.82) is 0 Å². The van der Waals surface area contributed by atoms with Crippen LogP contribution in [-0.2, 0) is 14.8 Å². The van der Waals surface area contributed by atoms with Crippen LogP contribution in [0.3, 0.4) is 0 Å². The van der Waals surface area contributed by atoms with Gasteiger partial charge in [-0.3, -0.25) is 4.79 Å². The number of piperidine rings is 1. The quantitative estimate of drug-likeness (QED) is 0.375. The normalized spacial score (nSPS) is 22.8. The molecular formula is C31H31ClF2N4O6S. The molecule has 3 N–H and O–H groups in total. The summed E-state index contributed by atoms with van der Waals surface area (Å²) in [6.45, 7) is 0.304. The molecule has 0 radical (unpaired) electrons. The number of nitrogens with zero attached hydrogens (tertiary/aromatic N) is 2. The van der Waals surface area contributed by atoms with Gasteiger partial charge in [-0.2, -0.15) is 4.31 Å². The zero-order valence-corrected chi connectivity index (χ0v) is 25.6. The average molecular weight is 661 g/mol. The maximum Gasteiger partial charge on any atom is 0.321 e. The van der Waals surface area contributed by atoms with Crippen molar-refractivity contribution < 1.29 is 36.6 Å². The van der Waals surface area contributed by atoms with E-state index in [-0.39, 0.29) is 53.8 Å². The molecule has 3 aliphatic rings. The number of urea groups is 1. The fraction of sp³-hybridized carbons (Fsp3) is 0.355. The Labute approximate surface area is 264 Å². The van der Waals surface area contributed by atoms with E-state index in [4.69, 9.17) is 16.3 Å². The van der Waals surface area contributed by atoms with Crippen molar-refractivity contribution >= 4 is 39.2 Å². The van der Waals surface area contributed by atoms with Gasteiger partial charge in [-0.05, 0) is 60.9 Å². The summed E-state index contributed by atoms with van der Waals surface area (Å²) < 4.78 is 63.1. The number of carbonyl (C=O) groups excluding carboxylic acids is 2. The maximum absolute atomic E-state index is 14.6. The van der Waals surface area contributed by atoms with Gasteiger partial charge in [0.25, 0.3) is 0 Å². The van der Waals surface area contributed by atoms with Crippen LogP contribution in [0.2, 0.25) is 5.02 Å². The monoisotopic (exact) mass is 660 g/mol. The second kappa shape index (κ2) is 12.2. The summed E-state index contributed by atoms with van der Waals surface area (Å²) in [6, 6.07) is 12.4. The highest BCUT2D eigenvalue weighted by Gasteiger charge is 2.47. The lowest BCUT2D eigenvalue weighted by Crippen LogP contribution is -2.60. The third-order valence-corrected chi connectivity index (χ3v) is 10.8. The fourth-order valence-corrected chi connectivity index (χ4v) is 8.12. The zero-order chi connectivity index (χ0) is 31.9. The Morgan fingerprint density at radius 2 is 1.84 bits per heavy atom. The van der Waals surface area contributed by atoms with Gasteiger partial charge >= 0.3 is 6.03 Å². The van der Waals surface area contributed by atoms with E-state index in [1.807, 2.05) is 0 Å². The Hall–Kier alpha value is -3.78.